The van der Waals surface area contributed by atoms with E-state index in [9.17, 15) is 23.6 Å². The normalized spacial score (nSPS) is 13.3. The number of carbonyl (C=O) groups excluding carboxylic acids is 4. The molecule has 0 unspecified atom stereocenters. The van der Waals surface area contributed by atoms with Crippen LogP contribution < -0.4 is 10.6 Å². The topological polar surface area (TPSA) is 105 Å². The van der Waals surface area contributed by atoms with Crippen LogP contribution in [-0.4, -0.2) is 59.9 Å². The Kier molecular flexibility index (Phi) is 6.75. The molecule has 134 valence electrons. The summed E-state index contributed by atoms with van der Waals surface area (Å²) in [5.41, 5.74) is 0.0603. The molecular formula is C15H16FN3O5S. The largest absolute Gasteiger partial charge is 0.455 e. The van der Waals surface area contributed by atoms with E-state index in [0.29, 0.717) is 6.54 Å². The molecule has 4 amide bonds. The van der Waals surface area contributed by atoms with Crippen LogP contribution in [0, 0.1) is 5.82 Å². The Balaban J connectivity index is 1.63. The number of imide groups is 1. The molecule has 0 spiro atoms. The van der Waals surface area contributed by atoms with Gasteiger partial charge in [0.1, 0.15) is 5.82 Å². The van der Waals surface area contributed by atoms with Crippen molar-refractivity contribution in [3.8, 4) is 0 Å². The maximum absolute atomic E-state index is 13.4. The molecule has 2 N–H and O–H groups in total. The molecule has 1 aromatic rings. The number of halogens is 1. The van der Waals surface area contributed by atoms with E-state index in [1.54, 1.807) is 6.07 Å². The lowest BCUT2D eigenvalue weighted by Gasteiger charge is -2.12. The fraction of sp³-hybridized carbons (Fsp3) is 0.333. The number of hydrogen-bond acceptors (Lipinski definition) is 6. The number of ether oxygens (including phenoxy) is 1. The molecule has 1 aromatic carbocycles. The van der Waals surface area contributed by atoms with E-state index < -0.39 is 36.2 Å². The zero-order valence-electron chi connectivity index (χ0n) is 13.1. The highest BCUT2D eigenvalue weighted by Crippen LogP contribution is 2.13. The summed E-state index contributed by atoms with van der Waals surface area (Å²) in [5, 5.41) is 4.84. The molecule has 0 bridgehead atoms. The summed E-state index contributed by atoms with van der Waals surface area (Å²) in [6.07, 6.45) is 0. The Labute approximate surface area is 147 Å². The van der Waals surface area contributed by atoms with Gasteiger partial charge >= 0.3 is 12.0 Å². The lowest BCUT2D eigenvalue weighted by Crippen LogP contribution is -2.37. The standard InChI is InChI=1S/C15H16FN3O5S/c16-10-3-1-2-4-11(10)18-12(20)8-25-9-14(22)24-7-13(21)19-6-5-17-15(19)23/h1-4H,5-9H2,(H,17,23)(H,18,20). The number of anilines is 1. The molecule has 10 heteroatoms. The van der Waals surface area contributed by atoms with Crippen molar-refractivity contribution in [2.24, 2.45) is 0 Å². The molecule has 0 atom stereocenters. The lowest BCUT2D eigenvalue weighted by molar-refractivity contribution is -0.148. The molecule has 1 aliphatic heterocycles. The van der Waals surface area contributed by atoms with Crippen molar-refractivity contribution in [3.05, 3.63) is 30.1 Å². The summed E-state index contributed by atoms with van der Waals surface area (Å²) >= 11 is 0.966. The van der Waals surface area contributed by atoms with Gasteiger partial charge in [0.2, 0.25) is 5.91 Å². The number of thioether (sulfide) groups is 1. The molecule has 0 radical (unpaired) electrons. The minimum atomic E-state index is -0.684. The Morgan fingerprint density at radius 1 is 1.28 bits per heavy atom. The van der Waals surface area contributed by atoms with Crippen LogP contribution in [0.2, 0.25) is 0 Å². The Morgan fingerprint density at radius 2 is 2.04 bits per heavy atom. The fourth-order valence-corrected chi connectivity index (χ4v) is 2.56. The van der Waals surface area contributed by atoms with Crippen molar-refractivity contribution >= 4 is 41.3 Å². The minimum absolute atomic E-state index is 0.0603. The number of rotatable bonds is 7. The van der Waals surface area contributed by atoms with Gasteiger partial charge in [0.25, 0.3) is 5.91 Å². The van der Waals surface area contributed by atoms with Gasteiger partial charge in [0.15, 0.2) is 6.61 Å². The number of hydrogen-bond donors (Lipinski definition) is 2. The van der Waals surface area contributed by atoms with Crippen molar-refractivity contribution in [1.29, 1.82) is 0 Å². The van der Waals surface area contributed by atoms with E-state index in [4.69, 9.17) is 4.74 Å². The zero-order valence-corrected chi connectivity index (χ0v) is 13.9. The Bertz CT molecular complexity index is 685. The van der Waals surface area contributed by atoms with E-state index in [1.807, 2.05) is 0 Å². The maximum Gasteiger partial charge on any atom is 0.324 e. The van der Waals surface area contributed by atoms with Crippen molar-refractivity contribution in [1.82, 2.24) is 10.2 Å². The highest BCUT2D eigenvalue weighted by molar-refractivity contribution is 8.00. The number of urea groups is 1. The van der Waals surface area contributed by atoms with E-state index in [0.717, 1.165) is 16.7 Å². The molecule has 2 rings (SSSR count). The van der Waals surface area contributed by atoms with Crippen molar-refractivity contribution in [2.75, 3.05) is 36.5 Å². The third-order valence-corrected chi connectivity index (χ3v) is 4.02. The molecule has 1 heterocycles. The van der Waals surface area contributed by atoms with Crippen LogP contribution in [0.4, 0.5) is 14.9 Å². The summed E-state index contributed by atoms with van der Waals surface area (Å²) in [7, 11) is 0. The number of nitrogens with zero attached hydrogens (tertiary/aromatic N) is 1. The summed E-state index contributed by atoms with van der Waals surface area (Å²) in [5.74, 6) is -2.53. The number of nitrogens with one attached hydrogen (secondary N) is 2. The molecule has 0 aromatic heterocycles. The predicted octanol–water partition coefficient (Wildman–Crippen LogP) is 0.592. The van der Waals surface area contributed by atoms with Gasteiger partial charge in [0.05, 0.1) is 17.2 Å². The van der Waals surface area contributed by atoms with Crippen molar-refractivity contribution < 1.29 is 28.3 Å². The first-order chi connectivity index (χ1) is 12.0. The lowest BCUT2D eigenvalue weighted by atomic mass is 10.3. The zero-order chi connectivity index (χ0) is 18.2. The number of benzene rings is 1. The van der Waals surface area contributed by atoms with Gasteiger partial charge in [-0.3, -0.25) is 19.3 Å². The summed E-state index contributed by atoms with van der Waals surface area (Å²) in [6.45, 7) is 0.0694. The van der Waals surface area contributed by atoms with E-state index in [2.05, 4.69) is 10.6 Å². The van der Waals surface area contributed by atoms with Crippen LogP contribution in [-0.2, 0) is 19.1 Å². The van der Waals surface area contributed by atoms with Crippen LogP contribution >= 0.6 is 11.8 Å². The second-order valence-electron chi connectivity index (χ2n) is 4.96. The summed E-state index contributed by atoms with van der Waals surface area (Å²) < 4.78 is 18.1. The summed E-state index contributed by atoms with van der Waals surface area (Å²) in [4.78, 5) is 47.1. The van der Waals surface area contributed by atoms with Gasteiger partial charge in [-0.05, 0) is 12.1 Å². The fourth-order valence-electron chi connectivity index (χ4n) is 1.95. The number of carbonyl (C=O) groups is 4. The van der Waals surface area contributed by atoms with E-state index in [1.165, 1.54) is 18.2 Å². The average molecular weight is 369 g/mol. The first-order valence-corrected chi connectivity index (χ1v) is 8.49. The predicted molar refractivity (Wildman–Crippen MR) is 88.4 cm³/mol. The van der Waals surface area contributed by atoms with E-state index >= 15 is 0 Å². The molecule has 0 aliphatic carbocycles. The second-order valence-corrected chi connectivity index (χ2v) is 5.94. The average Bonchev–Trinajstić information content (AvgIpc) is 3.01. The van der Waals surface area contributed by atoms with Gasteiger partial charge in [-0.2, -0.15) is 0 Å². The smallest absolute Gasteiger partial charge is 0.324 e. The molecule has 8 nitrogen and oxygen atoms in total. The molecule has 1 fully saturated rings. The van der Waals surface area contributed by atoms with Crippen molar-refractivity contribution in [3.63, 3.8) is 0 Å². The third-order valence-electron chi connectivity index (χ3n) is 3.12. The number of amides is 4. The van der Waals surface area contributed by atoms with Gasteiger partial charge < -0.3 is 15.4 Å². The highest BCUT2D eigenvalue weighted by atomic mass is 32.2. The SMILES string of the molecule is O=C(CSCC(=O)OCC(=O)N1CCNC1=O)Nc1ccccc1F. The molecule has 0 saturated carbocycles. The number of esters is 1. The Hall–Kier alpha value is -2.62. The second kappa shape index (κ2) is 9.02. The minimum Gasteiger partial charge on any atom is -0.455 e. The molecule has 25 heavy (non-hydrogen) atoms. The Morgan fingerprint density at radius 3 is 2.72 bits per heavy atom. The third kappa shape index (κ3) is 5.75. The number of para-hydroxylation sites is 1. The van der Waals surface area contributed by atoms with Crippen LogP contribution in [0.25, 0.3) is 0 Å². The van der Waals surface area contributed by atoms with Gasteiger partial charge in [-0.25, -0.2) is 9.18 Å². The van der Waals surface area contributed by atoms with Gasteiger partial charge in [-0.15, -0.1) is 11.8 Å². The van der Waals surface area contributed by atoms with Gasteiger partial charge in [0, 0.05) is 13.1 Å². The highest BCUT2D eigenvalue weighted by Gasteiger charge is 2.26. The van der Waals surface area contributed by atoms with Crippen LogP contribution in [0.1, 0.15) is 0 Å². The molecular weight excluding hydrogens is 353 g/mol. The first-order valence-electron chi connectivity index (χ1n) is 7.33. The monoisotopic (exact) mass is 369 g/mol. The van der Waals surface area contributed by atoms with Crippen LogP contribution in [0.3, 0.4) is 0 Å². The van der Waals surface area contributed by atoms with Crippen LogP contribution in [0.15, 0.2) is 24.3 Å². The van der Waals surface area contributed by atoms with E-state index in [-0.39, 0.29) is 23.7 Å². The molecule has 1 aliphatic rings. The molecule has 1 saturated heterocycles. The quantitative estimate of drug-likeness (QED) is 0.682. The summed E-state index contributed by atoms with van der Waals surface area (Å²) in [6, 6.07) is 5.22. The first kappa shape index (κ1) is 18.7. The van der Waals surface area contributed by atoms with Gasteiger partial charge in [-0.1, -0.05) is 12.1 Å². The van der Waals surface area contributed by atoms with Crippen LogP contribution in [0.5, 0.6) is 0 Å². The maximum atomic E-state index is 13.4. The van der Waals surface area contributed by atoms with Crippen molar-refractivity contribution in [2.45, 2.75) is 0 Å².